The third-order valence-corrected chi connectivity index (χ3v) is 8.06. The van der Waals surface area contributed by atoms with Crippen LogP contribution in [-0.2, 0) is 23.3 Å². The summed E-state index contributed by atoms with van der Waals surface area (Å²) in [5.41, 5.74) is 0. The maximum Gasteiger partial charge on any atom is 0.500 e. The van der Waals surface area contributed by atoms with E-state index in [9.17, 15) is 8.42 Å². The molecule has 0 atom stereocenters. The molecule has 0 aromatic carbocycles. The summed E-state index contributed by atoms with van der Waals surface area (Å²) in [6.07, 6.45) is 1.75. The number of hydrogen-bond acceptors (Lipinski definition) is 5. The lowest BCUT2D eigenvalue weighted by Crippen LogP contribution is -2.46. The van der Waals surface area contributed by atoms with Gasteiger partial charge in [0.05, 0.1) is 32.9 Å². The van der Waals surface area contributed by atoms with E-state index in [1.54, 1.807) is 28.3 Å². The van der Waals surface area contributed by atoms with Crippen molar-refractivity contribution >= 4 is 18.8 Å². The molecule has 0 heterocycles. The molecule has 0 fully saturated rings. The average Bonchev–Trinajstić information content (AvgIpc) is 2.49. The molecule has 9 heteroatoms. The van der Waals surface area contributed by atoms with Crippen molar-refractivity contribution in [2.75, 3.05) is 60.8 Å². The van der Waals surface area contributed by atoms with Crippen LogP contribution >= 0.6 is 0 Å². The van der Waals surface area contributed by atoms with Gasteiger partial charge in [0, 0.05) is 46.8 Å². The fraction of sp³-hybridized carbons (Fsp3) is 1.00. The topological polar surface area (TPSA) is 73.9 Å². The lowest BCUT2D eigenvalue weighted by molar-refractivity contribution is -0.890. The molecule has 7 nitrogen and oxygen atoms in total. The van der Waals surface area contributed by atoms with E-state index < -0.39 is 18.8 Å². The Morgan fingerprint density at radius 3 is 1.95 bits per heavy atom. The van der Waals surface area contributed by atoms with E-state index in [1.807, 2.05) is 0 Å². The Morgan fingerprint density at radius 1 is 1.00 bits per heavy atom. The largest absolute Gasteiger partial charge is 0.500 e. The van der Waals surface area contributed by atoms with Gasteiger partial charge < -0.3 is 17.8 Å². The van der Waals surface area contributed by atoms with Gasteiger partial charge >= 0.3 is 8.80 Å². The highest BCUT2D eigenvalue weighted by Crippen LogP contribution is 2.16. The Labute approximate surface area is 136 Å². The molecule has 0 saturated carbocycles. The summed E-state index contributed by atoms with van der Waals surface area (Å²) < 4.78 is 42.4. The minimum atomic E-state index is -3.08. The lowest BCUT2D eigenvalue weighted by Gasteiger charge is -2.31. The summed E-state index contributed by atoms with van der Waals surface area (Å²) in [5, 5.41) is 0. The third kappa shape index (κ3) is 8.56. The van der Waals surface area contributed by atoms with Crippen LogP contribution in [0.4, 0.5) is 0 Å². The van der Waals surface area contributed by atoms with Crippen molar-refractivity contribution in [2.45, 2.75) is 25.8 Å². The Morgan fingerprint density at radius 2 is 1.50 bits per heavy atom. The lowest BCUT2D eigenvalue weighted by atomic mass is 10.3. The average molecular weight is 358 g/mol. The SMILES string of the molecule is CCS(=O)(=O)NCCC[N+](C)(C)CCC[Si](OC)(OC)OC. The van der Waals surface area contributed by atoms with Crippen molar-refractivity contribution in [3.63, 3.8) is 0 Å². The van der Waals surface area contributed by atoms with E-state index in [-0.39, 0.29) is 5.75 Å². The second kappa shape index (κ2) is 9.96. The van der Waals surface area contributed by atoms with E-state index >= 15 is 0 Å². The van der Waals surface area contributed by atoms with Gasteiger partial charge in [-0.2, -0.15) is 0 Å². The van der Waals surface area contributed by atoms with Gasteiger partial charge in [-0.15, -0.1) is 0 Å². The van der Waals surface area contributed by atoms with E-state index in [0.29, 0.717) is 6.54 Å². The summed E-state index contributed by atoms with van der Waals surface area (Å²) in [4.78, 5) is 0. The molecular formula is C13H33N2O5SSi+. The summed E-state index contributed by atoms with van der Waals surface area (Å²) in [6.45, 7) is 4.00. The van der Waals surface area contributed by atoms with Crippen LogP contribution < -0.4 is 4.72 Å². The number of hydrogen-bond donors (Lipinski definition) is 1. The molecule has 0 aliphatic heterocycles. The van der Waals surface area contributed by atoms with Crippen LogP contribution in [0.3, 0.4) is 0 Å². The molecule has 0 unspecified atom stereocenters. The third-order valence-electron chi connectivity index (χ3n) is 3.82. The van der Waals surface area contributed by atoms with Crippen LogP contribution in [0, 0.1) is 0 Å². The molecule has 22 heavy (non-hydrogen) atoms. The highest BCUT2D eigenvalue weighted by atomic mass is 32.2. The minimum absolute atomic E-state index is 0.128. The molecule has 0 aliphatic carbocycles. The van der Waals surface area contributed by atoms with Gasteiger partial charge in [0.2, 0.25) is 10.0 Å². The number of nitrogens with zero attached hydrogens (tertiary/aromatic N) is 1. The molecule has 1 N–H and O–H groups in total. The van der Waals surface area contributed by atoms with Gasteiger partial charge in [-0.25, -0.2) is 13.1 Å². The molecule has 0 amide bonds. The van der Waals surface area contributed by atoms with Crippen LogP contribution in [0.1, 0.15) is 19.8 Å². The maximum atomic E-state index is 11.4. The molecule has 0 rings (SSSR count). The normalized spacial score (nSPS) is 13.5. The zero-order valence-corrected chi connectivity index (χ0v) is 16.7. The molecular weight excluding hydrogens is 324 g/mol. The van der Waals surface area contributed by atoms with Gasteiger partial charge in [0.15, 0.2) is 0 Å². The molecule has 0 radical (unpaired) electrons. The Kier molecular flexibility index (Phi) is 9.95. The van der Waals surface area contributed by atoms with Crippen molar-refractivity contribution in [1.29, 1.82) is 0 Å². The fourth-order valence-electron chi connectivity index (χ4n) is 2.23. The number of nitrogens with one attached hydrogen (secondary N) is 1. The standard InChI is InChI=1S/C13H33N2O5SSi/c1-7-21(16,17)14-10-8-11-15(2,3)12-9-13-22(18-4,19-5)20-6/h14H,7-13H2,1-6H3/q+1. The van der Waals surface area contributed by atoms with Crippen molar-refractivity contribution in [3.05, 3.63) is 0 Å². The predicted molar refractivity (Wildman–Crippen MR) is 90.1 cm³/mol. The van der Waals surface area contributed by atoms with Crippen LogP contribution in [-0.4, -0.2) is 82.5 Å². The monoisotopic (exact) mass is 357 g/mol. The second-order valence-electron chi connectivity index (χ2n) is 5.93. The van der Waals surface area contributed by atoms with Crippen molar-refractivity contribution in [1.82, 2.24) is 4.72 Å². The summed E-state index contributed by atoms with van der Waals surface area (Å²) in [7, 11) is 3.59. The van der Waals surface area contributed by atoms with Gasteiger partial charge in [-0.1, -0.05) is 0 Å². The first-order valence-electron chi connectivity index (χ1n) is 7.60. The second-order valence-corrected chi connectivity index (χ2v) is 11.1. The van der Waals surface area contributed by atoms with Crippen LogP contribution in [0.2, 0.25) is 6.04 Å². The summed E-state index contributed by atoms with van der Waals surface area (Å²) >= 11 is 0. The quantitative estimate of drug-likeness (QED) is 0.298. The van der Waals surface area contributed by atoms with Gasteiger partial charge in [0.25, 0.3) is 0 Å². The maximum absolute atomic E-state index is 11.4. The van der Waals surface area contributed by atoms with E-state index in [2.05, 4.69) is 18.8 Å². The Balaban J connectivity index is 4.10. The zero-order chi connectivity index (χ0) is 17.3. The number of quaternary nitrogens is 1. The van der Waals surface area contributed by atoms with Crippen LogP contribution in [0.25, 0.3) is 0 Å². The number of rotatable bonds is 13. The van der Waals surface area contributed by atoms with Gasteiger partial charge in [-0.3, -0.25) is 0 Å². The molecule has 0 aromatic heterocycles. The molecule has 134 valence electrons. The van der Waals surface area contributed by atoms with Crippen molar-refractivity contribution in [3.8, 4) is 0 Å². The van der Waals surface area contributed by atoms with Crippen molar-refractivity contribution < 1.29 is 26.2 Å². The first kappa shape index (κ1) is 22.0. The smallest absolute Gasteiger partial charge is 0.377 e. The summed E-state index contributed by atoms with van der Waals surface area (Å²) in [6, 6.07) is 0.778. The minimum Gasteiger partial charge on any atom is -0.377 e. The highest BCUT2D eigenvalue weighted by molar-refractivity contribution is 7.89. The molecule has 0 aromatic rings. The predicted octanol–water partition coefficient (Wildman–Crippen LogP) is 0.660. The zero-order valence-electron chi connectivity index (χ0n) is 14.8. The van der Waals surface area contributed by atoms with Crippen molar-refractivity contribution in [2.24, 2.45) is 0 Å². The van der Waals surface area contributed by atoms with Gasteiger partial charge in [0.1, 0.15) is 0 Å². The Bertz CT molecular complexity index is 391. The van der Waals surface area contributed by atoms with E-state index in [0.717, 1.165) is 36.5 Å². The fourth-order valence-corrected chi connectivity index (χ4v) is 4.59. The van der Waals surface area contributed by atoms with Gasteiger partial charge in [-0.05, 0) is 6.92 Å². The van der Waals surface area contributed by atoms with E-state index in [4.69, 9.17) is 13.3 Å². The summed E-state index contributed by atoms with van der Waals surface area (Å²) in [5.74, 6) is 0.128. The Hall–Kier alpha value is -0.0331. The first-order chi connectivity index (χ1) is 10.2. The molecule has 0 bridgehead atoms. The van der Waals surface area contributed by atoms with Crippen LogP contribution in [0.15, 0.2) is 0 Å². The van der Waals surface area contributed by atoms with E-state index in [1.165, 1.54) is 0 Å². The first-order valence-corrected chi connectivity index (χ1v) is 11.2. The number of sulfonamides is 1. The molecule has 0 saturated heterocycles. The molecule has 0 spiro atoms. The van der Waals surface area contributed by atoms with Crippen LogP contribution in [0.5, 0.6) is 0 Å². The molecule has 0 aliphatic rings. The highest BCUT2D eigenvalue weighted by Gasteiger charge is 2.37.